The lowest BCUT2D eigenvalue weighted by Gasteiger charge is -2.01. The molecule has 95 valence electrons. The van der Waals surface area contributed by atoms with Gasteiger partial charge in [0.05, 0.1) is 13.7 Å². The van der Waals surface area contributed by atoms with Crippen molar-refractivity contribution >= 4 is 5.97 Å². The van der Waals surface area contributed by atoms with Crippen molar-refractivity contribution in [2.45, 2.75) is 64.2 Å². The van der Waals surface area contributed by atoms with Gasteiger partial charge in [0.2, 0.25) is 0 Å². The van der Waals surface area contributed by atoms with E-state index in [-0.39, 0.29) is 12.6 Å². The minimum absolute atomic E-state index is 0.0769. The lowest BCUT2D eigenvalue weighted by molar-refractivity contribution is -0.140. The number of unbranched alkanes of at least 4 members (excludes halogenated alkanes) is 8. The zero-order valence-corrected chi connectivity index (χ0v) is 10.5. The molecule has 0 saturated heterocycles. The molecule has 0 heterocycles. The Morgan fingerprint density at radius 2 is 1.25 bits per heavy atom. The van der Waals surface area contributed by atoms with Crippen LogP contribution in [0.1, 0.15) is 64.2 Å². The summed E-state index contributed by atoms with van der Waals surface area (Å²) in [6.45, 7) is 0.0769. The first-order chi connectivity index (χ1) is 7.81. The van der Waals surface area contributed by atoms with Gasteiger partial charge in [-0.1, -0.05) is 44.9 Å². The fourth-order valence-corrected chi connectivity index (χ4v) is 1.71. The second-order valence-corrected chi connectivity index (χ2v) is 4.21. The van der Waals surface area contributed by atoms with Gasteiger partial charge in [0.25, 0.3) is 0 Å². The van der Waals surface area contributed by atoms with Gasteiger partial charge in [-0.25, -0.2) is 5.11 Å². The standard InChI is InChI=1S/C13H25O3/c1-16-13(15)11-9-7-5-3-2-4-6-8-10-12-14/h2-12H2,1H3. The molecule has 0 aromatic rings. The van der Waals surface area contributed by atoms with E-state index in [1.165, 1.54) is 39.2 Å². The van der Waals surface area contributed by atoms with E-state index in [0.29, 0.717) is 6.42 Å². The molecule has 0 saturated carbocycles. The number of hydrogen-bond acceptors (Lipinski definition) is 2. The molecule has 3 nitrogen and oxygen atoms in total. The van der Waals surface area contributed by atoms with Crippen molar-refractivity contribution in [2.24, 2.45) is 0 Å². The van der Waals surface area contributed by atoms with Crippen LogP contribution in [0.3, 0.4) is 0 Å². The highest BCUT2D eigenvalue weighted by atomic mass is 16.5. The Morgan fingerprint density at radius 3 is 1.69 bits per heavy atom. The average Bonchev–Trinajstić information content (AvgIpc) is 2.31. The second-order valence-electron chi connectivity index (χ2n) is 4.21. The van der Waals surface area contributed by atoms with Gasteiger partial charge < -0.3 is 4.74 Å². The molecule has 0 atom stereocenters. The maximum absolute atomic E-state index is 10.8. The van der Waals surface area contributed by atoms with E-state index in [0.717, 1.165) is 25.7 Å². The molecule has 16 heavy (non-hydrogen) atoms. The summed E-state index contributed by atoms with van der Waals surface area (Å²) in [5.41, 5.74) is 0. The summed E-state index contributed by atoms with van der Waals surface area (Å²) in [6.07, 6.45) is 10.7. The summed E-state index contributed by atoms with van der Waals surface area (Å²) in [5, 5.41) is 10.2. The van der Waals surface area contributed by atoms with Gasteiger partial charge in [0, 0.05) is 6.42 Å². The quantitative estimate of drug-likeness (QED) is 0.402. The molecule has 0 bridgehead atoms. The Bertz CT molecular complexity index is 157. The van der Waals surface area contributed by atoms with E-state index in [2.05, 4.69) is 4.74 Å². The van der Waals surface area contributed by atoms with Crippen molar-refractivity contribution in [3.63, 3.8) is 0 Å². The zero-order valence-electron chi connectivity index (χ0n) is 10.5. The zero-order chi connectivity index (χ0) is 12.1. The van der Waals surface area contributed by atoms with E-state index in [4.69, 9.17) is 0 Å². The molecule has 0 rings (SSSR count). The number of rotatable bonds is 11. The van der Waals surface area contributed by atoms with Crippen molar-refractivity contribution in [1.29, 1.82) is 0 Å². The van der Waals surface area contributed by atoms with Gasteiger partial charge in [-0.15, -0.1) is 0 Å². The number of ether oxygens (including phenoxy) is 1. The maximum atomic E-state index is 10.8. The molecule has 0 N–H and O–H groups in total. The van der Waals surface area contributed by atoms with Crippen LogP contribution in [0.4, 0.5) is 0 Å². The van der Waals surface area contributed by atoms with Crippen LogP contribution in [0.5, 0.6) is 0 Å². The fourth-order valence-electron chi connectivity index (χ4n) is 1.71. The molecule has 0 spiro atoms. The first-order valence-electron chi connectivity index (χ1n) is 6.46. The van der Waals surface area contributed by atoms with Gasteiger partial charge in [-0.2, -0.15) is 0 Å². The van der Waals surface area contributed by atoms with Gasteiger partial charge >= 0.3 is 5.97 Å². The Kier molecular flexibility index (Phi) is 12.1. The lowest BCUT2D eigenvalue weighted by atomic mass is 10.1. The molecule has 0 unspecified atom stereocenters. The summed E-state index contributed by atoms with van der Waals surface area (Å²) in [7, 11) is 1.43. The highest BCUT2D eigenvalue weighted by Gasteiger charge is 1.98. The smallest absolute Gasteiger partial charge is 0.305 e. The number of hydrogen-bond donors (Lipinski definition) is 0. The topological polar surface area (TPSA) is 46.2 Å². The third-order valence-electron chi connectivity index (χ3n) is 2.75. The molecule has 0 fully saturated rings. The van der Waals surface area contributed by atoms with Crippen LogP contribution in [0, 0.1) is 0 Å². The molecule has 1 radical (unpaired) electrons. The fraction of sp³-hybridized carbons (Fsp3) is 0.923. The van der Waals surface area contributed by atoms with Gasteiger partial charge in [0.15, 0.2) is 0 Å². The van der Waals surface area contributed by atoms with Gasteiger partial charge in [0.1, 0.15) is 0 Å². The number of methoxy groups -OCH3 is 1. The lowest BCUT2D eigenvalue weighted by Crippen LogP contribution is -1.99. The molecule has 0 aliphatic carbocycles. The van der Waals surface area contributed by atoms with Gasteiger partial charge in [-0.05, 0) is 12.8 Å². The monoisotopic (exact) mass is 229 g/mol. The average molecular weight is 229 g/mol. The highest BCUT2D eigenvalue weighted by Crippen LogP contribution is 2.10. The van der Waals surface area contributed by atoms with Crippen molar-refractivity contribution < 1.29 is 14.6 Å². The van der Waals surface area contributed by atoms with E-state index < -0.39 is 0 Å². The van der Waals surface area contributed by atoms with E-state index in [1.54, 1.807) is 0 Å². The van der Waals surface area contributed by atoms with E-state index in [9.17, 15) is 9.90 Å². The SMILES string of the molecule is COC(=O)CCCCCCCCCCC[O]. The maximum Gasteiger partial charge on any atom is 0.305 e. The summed E-state index contributed by atoms with van der Waals surface area (Å²) >= 11 is 0. The molecular formula is C13H25O3. The Labute approximate surface area is 99.2 Å². The molecular weight excluding hydrogens is 204 g/mol. The third kappa shape index (κ3) is 11.5. The van der Waals surface area contributed by atoms with Crippen molar-refractivity contribution in [2.75, 3.05) is 13.7 Å². The first-order valence-corrected chi connectivity index (χ1v) is 6.46. The van der Waals surface area contributed by atoms with E-state index >= 15 is 0 Å². The van der Waals surface area contributed by atoms with Crippen LogP contribution >= 0.6 is 0 Å². The van der Waals surface area contributed by atoms with E-state index in [1.807, 2.05) is 0 Å². The highest BCUT2D eigenvalue weighted by molar-refractivity contribution is 5.68. The van der Waals surface area contributed by atoms with Crippen LogP contribution in [0.2, 0.25) is 0 Å². The summed E-state index contributed by atoms with van der Waals surface area (Å²) in [6, 6.07) is 0. The molecule has 0 aromatic heterocycles. The predicted octanol–water partition coefficient (Wildman–Crippen LogP) is 3.49. The predicted molar refractivity (Wildman–Crippen MR) is 63.7 cm³/mol. The third-order valence-corrected chi connectivity index (χ3v) is 2.75. The Morgan fingerprint density at radius 1 is 0.812 bits per heavy atom. The summed E-state index contributed by atoms with van der Waals surface area (Å²) in [4.78, 5) is 10.8. The number of esters is 1. The second kappa shape index (κ2) is 12.5. The normalized spacial score (nSPS) is 10.4. The number of carbonyl (C=O) groups excluding carboxylic acids is 1. The Balaban J connectivity index is 2.96. The first kappa shape index (κ1) is 15.4. The molecule has 0 aliphatic rings. The van der Waals surface area contributed by atoms with Crippen LogP contribution in [-0.2, 0) is 14.6 Å². The molecule has 3 heteroatoms. The van der Waals surface area contributed by atoms with Crippen LogP contribution in [-0.4, -0.2) is 19.7 Å². The largest absolute Gasteiger partial charge is 0.469 e. The summed E-state index contributed by atoms with van der Waals surface area (Å²) in [5.74, 6) is -0.0994. The van der Waals surface area contributed by atoms with Crippen molar-refractivity contribution in [1.82, 2.24) is 0 Å². The van der Waals surface area contributed by atoms with Gasteiger partial charge in [-0.3, -0.25) is 4.79 Å². The number of carbonyl (C=O) groups is 1. The van der Waals surface area contributed by atoms with Crippen molar-refractivity contribution in [3.8, 4) is 0 Å². The van der Waals surface area contributed by atoms with Crippen LogP contribution in [0.15, 0.2) is 0 Å². The van der Waals surface area contributed by atoms with Crippen LogP contribution < -0.4 is 0 Å². The minimum atomic E-state index is -0.0994. The molecule has 0 aliphatic heterocycles. The molecule has 0 aromatic carbocycles. The summed E-state index contributed by atoms with van der Waals surface area (Å²) < 4.78 is 4.57. The van der Waals surface area contributed by atoms with Crippen LogP contribution in [0.25, 0.3) is 0 Å². The van der Waals surface area contributed by atoms with Crippen molar-refractivity contribution in [3.05, 3.63) is 0 Å². The Hall–Kier alpha value is -0.570. The molecule has 0 amide bonds. The minimum Gasteiger partial charge on any atom is -0.469 e.